The van der Waals surface area contributed by atoms with Gasteiger partial charge in [-0.3, -0.25) is 4.79 Å². The average Bonchev–Trinajstić information content (AvgIpc) is 2.39. The van der Waals surface area contributed by atoms with Crippen molar-refractivity contribution in [3.05, 3.63) is 29.3 Å². The number of amides is 1. The standard InChI is InChI=1S/C13H18F2N2OS/c1-8(4-5-19-3)17(2)13(18)9-6-10(14)12(16)11(15)7-9/h6-8H,4-5,16H2,1-3H3. The number of carbonyl (C=O) groups is 1. The number of anilines is 1. The van der Waals surface area contributed by atoms with E-state index in [0.29, 0.717) is 0 Å². The number of benzene rings is 1. The van der Waals surface area contributed by atoms with Crippen LogP contribution in [0.15, 0.2) is 12.1 Å². The Balaban J connectivity index is 2.88. The van der Waals surface area contributed by atoms with E-state index in [-0.39, 0.29) is 11.6 Å². The molecule has 2 N–H and O–H groups in total. The van der Waals surface area contributed by atoms with Gasteiger partial charge < -0.3 is 10.6 Å². The van der Waals surface area contributed by atoms with Crippen molar-refractivity contribution >= 4 is 23.4 Å². The lowest BCUT2D eigenvalue weighted by Gasteiger charge is -2.25. The Labute approximate surface area is 116 Å². The van der Waals surface area contributed by atoms with Gasteiger partial charge in [-0.15, -0.1) is 0 Å². The van der Waals surface area contributed by atoms with Crippen LogP contribution in [0, 0.1) is 11.6 Å². The number of halogens is 2. The zero-order chi connectivity index (χ0) is 14.6. The van der Waals surface area contributed by atoms with Crippen molar-refractivity contribution in [2.45, 2.75) is 19.4 Å². The van der Waals surface area contributed by atoms with Gasteiger partial charge in [-0.05, 0) is 37.5 Å². The molecule has 3 nitrogen and oxygen atoms in total. The summed E-state index contributed by atoms with van der Waals surface area (Å²) in [6, 6.07) is 1.94. The summed E-state index contributed by atoms with van der Waals surface area (Å²) < 4.78 is 26.7. The van der Waals surface area contributed by atoms with Gasteiger partial charge in [0.05, 0.1) is 0 Å². The maximum absolute atomic E-state index is 13.3. The van der Waals surface area contributed by atoms with E-state index in [1.54, 1.807) is 18.8 Å². The Morgan fingerprint density at radius 2 is 1.95 bits per heavy atom. The van der Waals surface area contributed by atoms with Crippen LogP contribution in [0.25, 0.3) is 0 Å². The van der Waals surface area contributed by atoms with Crippen molar-refractivity contribution in [3.8, 4) is 0 Å². The molecular formula is C13H18F2N2OS. The van der Waals surface area contributed by atoms with Crippen LogP contribution >= 0.6 is 11.8 Å². The second-order valence-electron chi connectivity index (χ2n) is 4.40. The Morgan fingerprint density at radius 1 is 1.42 bits per heavy atom. The van der Waals surface area contributed by atoms with E-state index in [1.165, 1.54) is 4.90 Å². The lowest BCUT2D eigenvalue weighted by Crippen LogP contribution is -2.35. The van der Waals surface area contributed by atoms with Crippen LogP contribution in [0.5, 0.6) is 0 Å². The number of carbonyl (C=O) groups excluding carboxylic acids is 1. The van der Waals surface area contributed by atoms with E-state index in [0.717, 1.165) is 24.3 Å². The molecule has 0 saturated carbocycles. The van der Waals surface area contributed by atoms with E-state index in [1.807, 2.05) is 13.2 Å². The van der Waals surface area contributed by atoms with Crippen molar-refractivity contribution in [2.75, 3.05) is 24.8 Å². The van der Waals surface area contributed by atoms with Gasteiger partial charge in [0.1, 0.15) is 17.3 Å². The van der Waals surface area contributed by atoms with Gasteiger partial charge in [-0.2, -0.15) is 11.8 Å². The summed E-state index contributed by atoms with van der Waals surface area (Å²) in [5, 5.41) is 0. The molecule has 0 bridgehead atoms. The molecule has 0 aliphatic rings. The third kappa shape index (κ3) is 3.83. The van der Waals surface area contributed by atoms with Gasteiger partial charge in [0.25, 0.3) is 5.91 Å². The van der Waals surface area contributed by atoms with Crippen LogP contribution in [-0.2, 0) is 0 Å². The number of rotatable bonds is 5. The van der Waals surface area contributed by atoms with Crippen LogP contribution in [-0.4, -0.2) is 35.9 Å². The second-order valence-corrected chi connectivity index (χ2v) is 5.39. The van der Waals surface area contributed by atoms with E-state index in [4.69, 9.17) is 5.73 Å². The molecule has 106 valence electrons. The minimum absolute atomic E-state index is 0.00336. The maximum Gasteiger partial charge on any atom is 0.254 e. The van der Waals surface area contributed by atoms with Crippen molar-refractivity contribution in [1.29, 1.82) is 0 Å². The fourth-order valence-electron chi connectivity index (χ4n) is 1.59. The minimum Gasteiger partial charge on any atom is -0.394 e. The third-order valence-electron chi connectivity index (χ3n) is 3.05. The van der Waals surface area contributed by atoms with Crippen molar-refractivity contribution in [3.63, 3.8) is 0 Å². The third-order valence-corrected chi connectivity index (χ3v) is 3.69. The summed E-state index contributed by atoms with van der Waals surface area (Å²) >= 11 is 1.69. The molecule has 1 amide bonds. The van der Waals surface area contributed by atoms with Crippen LogP contribution < -0.4 is 5.73 Å². The normalized spacial score (nSPS) is 12.3. The molecular weight excluding hydrogens is 270 g/mol. The largest absolute Gasteiger partial charge is 0.394 e. The van der Waals surface area contributed by atoms with Crippen LogP contribution in [0.1, 0.15) is 23.7 Å². The molecule has 19 heavy (non-hydrogen) atoms. The molecule has 0 radical (unpaired) electrons. The quantitative estimate of drug-likeness (QED) is 0.847. The Bertz CT molecular complexity index is 445. The highest BCUT2D eigenvalue weighted by atomic mass is 32.2. The summed E-state index contributed by atoms with van der Waals surface area (Å²) in [6.07, 6.45) is 2.81. The van der Waals surface area contributed by atoms with Crippen molar-refractivity contribution in [1.82, 2.24) is 4.90 Å². The summed E-state index contributed by atoms with van der Waals surface area (Å²) in [7, 11) is 1.62. The molecule has 1 rings (SSSR count). The SMILES string of the molecule is CSCCC(C)N(C)C(=O)c1cc(F)c(N)c(F)c1. The summed E-state index contributed by atoms with van der Waals surface area (Å²) in [5.41, 5.74) is 4.59. The molecule has 1 aromatic carbocycles. The molecule has 0 aromatic heterocycles. The zero-order valence-corrected chi connectivity index (χ0v) is 12.1. The van der Waals surface area contributed by atoms with Gasteiger partial charge >= 0.3 is 0 Å². The van der Waals surface area contributed by atoms with Gasteiger partial charge in [0, 0.05) is 18.7 Å². The molecule has 6 heteroatoms. The summed E-state index contributed by atoms with van der Waals surface area (Å²) in [5.74, 6) is -1.31. The van der Waals surface area contributed by atoms with E-state index >= 15 is 0 Å². The first-order valence-electron chi connectivity index (χ1n) is 5.89. The second kappa shape index (κ2) is 6.75. The molecule has 1 unspecified atom stereocenters. The van der Waals surface area contributed by atoms with Crippen molar-refractivity contribution in [2.24, 2.45) is 0 Å². The number of hydrogen-bond donors (Lipinski definition) is 1. The Kier molecular flexibility index (Phi) is 5.60. The maximum atomic E-state index is 13.3. The number of nitrogens with two attached hydrogens (primary N) is 1. The Morgan fingerprint density at radius 3 is 2.42 bits per heavy atom. The smallest absolute Gasteiger partial charge is 0.254 e. The fourth-order valence-corrected chi connectivity index (χ4v) is 2.17. The predicted molar refractivity (Wildman–Crippen MR) is 75.3 cm³/mol. The lowest BCUT2D eigenvalue weighted by atomic mass is 10.1. The average molecular weight is 288 g/mol. The highest BCUT2D eigenvalue weighted by Gasteiger charge is 2.19. The minimum atomic E-state index is -0.909. The van der Waals surface area contributed by atoms with E-state index < -0.39 is 23.2 Å². The van der Waals surface area contributed by atoms with E-state index in [9.17, 15) is 13.6 Å². The number of nitrogen functional groups attached to an aromatic ring is 1. The number of nitrogens with zero attached hydrogens (tertiary/aromatic N) is 1. The highest BCUT2D eigenvalue weighted by molar-refractivity contribution is 7.98. The number of hydrogen-bond acceptors (Lipinski definition) is 3. The topological polar surface area (TPSA) is 46.3 Å². The van der Waals surface area contributed by atoms with Crippen LogP contribution in [0.4, 0.5) is 14.5 Å². The summed E-state index contributed by atoms with van der Waals surface area (Å²) in [6.45, 7) is 1.90. The summed E-state index contributed by atoms with van der Waals surface area (Å²) in [4.78, 5) is 13.6. The van der Waals surface area contributed by atoms with Crippen molar-refractivity contribution < 1.29 is 13.6 Å². The first-order chi connectivity index (χ1) is 8.88. The predicted octanol–water partition coefficient (Wildman–Crippen LogP) is 2.76. The molecule has 0 aliphatic heterocycles. The van der Waals surface area contributed by atoms with Crippen LogP contribution in [0.3, 0.4) is 0 Å². The first kappa shape index (κ1) is 15.8. The first-order valence-corrected chi connectivity index (χ1v) is 7.28. The molecule has 0 fully saturated rings. The van der Waals surface area contributed by atoms with Gasteiger partial charge in [0.2, 0.25) is 0 Å². The molecule has 0 spiro atoms. The Hall–Kier alpha value is -1.30. The molecule has 1 aromatic rings. The van der Waals surface area contributed by atoms with Gasteiger partial charge in [0.15, 0.2) is 0 Å². The van der Waals surface area contributed by atoms with Crippen LogP contribution in [0.2, 0.25) is 0 Å². The fraction of sp³-hybridized carbons (Fsp3) is 0.462. The molecule has 0 aliphatic carbocycles. The van der Waals surface area contributed by atoms with Gasteiger partial charge in [-0.25, -0.2) is 8.78 Å². The molecule has 1 atom stereocenters. The zero-order valence-electron chi connectivity index (χ0n) is 11.2. The van der Waals surface area contributed by atoms with E-state index in [2.05, 4.69) is 0 Å². The molecule has 0 heterocycles. The molecule has 0 saturated heterocycles. The highest BCUT2D eigenvalue weighted by Crippen LogP contribution is 2.19. The van der Waals surface area contributed by atoms with Gasteiger partial charge in [-0.1, -0.05) is 0 Å². The number of thioether (sulfide) groups is 1. The monoisotopic (exact) mass is 288 g/mol. The lowest BCUT2D eigenvalue weighted by molar-refractivity contribution is 0.0740.